The third kappa shape index (κ3) is 5.11. The zero-order valence-corrected chi connectivity index (χ0v) is 16.5. The molecule has 0 aromatic heterocycles. The molecule has 0 aliphatic carbocycles. The van der Waals surface area contributed by atoms with E-state index in [0.717, 1.165) is 17.1 Å². The van der Waals surface area contributed by atoms with Crippen molar-refractivity contribution >= 4 is 15.9 Å². The molecule has 7 nitrogen and oxygen atoms in total. The first-order chi connectivity index (χ1) is 12.4. The van der Waals surface area contributed by atoms with Crippen molar-refractivity contribution in [3.63, 3.8) is 0 Å². The van der Waals surface area contributed by atoms with Gasteiger partial charge in [-0.2, -0.15) is 0 Å². The number of hydrogen-bond donors (Lipinski definition) is 1. The fourth-order valence-corrected chi connectivity index (χ4v) is 4.25. The number of rotatable bonds is 8. The molecule has 1 heterocycles. The summed E-state index contributed by atoms with van der Waals surface area (Å²) in [4.78, 5) is 12.4. The van der Waals surface area contributed by atoms with Gasteiger partial charge >= 0.3 is 0 Å². The smallest absolute Gasteiger partial charge is 0.223 e. The molecule has 0 radical (unpaired) electrons. The van der Waals surface area contributed by atoms with E-state index in [-0.39, 0.29) is 17.6 Å². The lowest BCUT2D eigenvalue weighted by atomic mass is 9.97. The van der Waals surface area contributed by atoms with Crippen LogP contribution >= 0.6 is 0 Å². The molecule has 0 atom stereocenters. The van der Waals surface area contributed by atoms with Crippen molar-refractivity contribution in [2.75, 3.05) is 39.6 Å². The molecule has 1 fully saturated rings. The normalized spacial score (nSPS) is 16.3. The number of carbonyl (C=O) groups is 1. The molecule has 1 aliphatic heterocycles. The van der Waals surface area contributed by atoms with Crippen LogP contribution in [-0.4, -0.2) is 58.2 Å². The highest BCUT2D eigenvalue weighted by Gasteiger charge is 2.29. The van der Waals surface area contributed by atoms with Crippen LogP contribution in [0.1, 0.15) is 25.3 Å². The minimum atomic E-state index is -3.16. The fraction of sp³-hybridized carbons (Fsp3) is 0.611. The zero-order chi connectivity index (χ0) is 19.2. The highest BCUT2D eigenvalue weighted by atomic mass is 32.2. The van der Waals surface area contributed by atoms with Gasteiger partial charge in [-0.1, -0.05) is 0 Å². The van der Waals surface area contributed by atoms with Gasteiger partial charge in [-0.05, 0) is 49.9 Å². The number of ether oxygens (including phenoxy) is 2. The SMILES string of the molecule is CCS(=O)(=O)N1CCC(C(=O)NCCc2cc(OC)ccc2OC)CC1. The number of piperidine rings is 1. The Bertz CT molecular complexity index is 712. The molecule has 1 aromatic rings. The Morgan fingerprint density at radius 1 is 1.23 bits per heavy atom. The van der Waals surface area contributed by atoms with Crippen molar-refractivity contribution in [3.8, 4) is 11.5 Å². The van der Waals surface area contributed by atoms with Gasteiger partial charge in [0, 0.05) is 25.6 Å². The maximum atomic E-state index is 12.4. The Morgan fingerprint density at radius 3 is 2.50 bits per heavy atom. The van der Waals surface area contributed by atoms with Gasteiger partial charge in [0.15, 0.2) is 0 Å². The van der Waals surface area contributed by atoms with E-state index in [4.69, 9.17) is 9.47 Å². The average Bonchev–Trinajstić information content (AvgIpc) is 2.67. The second-order valence-electron chi connectivity index (χ2n) is 6.29. The molecule has 26 heavy (non-hydrogen) atoms. The highest BCUT2D eigenvalue weighted by molar-refractivity contribution is 7.89. The van der Waals surface area contributed by atoms with Crippen molar-refractivity contribution in [3.05, 3.63) is 23.8 Å². The first-order valence-corrected chi connectivity index (χ1v) is 10.5. The van der Waals surface area contributed by atoms with Gasteiger partial charge in [0.1, 0.15) is 11.5 Å². The lowest BCUT2D eigenvalue weighted by molar-refractivity contribution is -0.126. The van der Waals surface area contributed by atoms with E-state index in [2.05, 4.69) is 5.32 Å². The average molecular weight is 384 g/mol. The van der Waals surface area contributed by atoms with E-state index < -0.39 is 10.0 Å². The minimum Gasteiger partial charge on any atom is -0.497 e. The van der Waals surface area contributed by atoms with E-state index >= 15 is 0 Å². The molecule has 1 aromatic carbocycles. The Balaban J connectivity index is 1.83. The standard InChI is InChI=1S/C18H28N2O5S/c1-4-26(22,23)20-11-8-14(9-12-20)18(21)19-10-7-15-13-16(24-2)5-6-17(15)25-3/h5-6,13-14H,4,7-12H2,1-3H3,(H,19,21). The van der Waals surface area contributed by atoms with Crippen LogP contribution in [-0.2, 0) is 21.2 Å². The summed E-state index contributed by atoms with van der Waals surface area (Å²) in [7, 11) is 0.0609. The van der Waals surface area contributed by atoms with Gasteiger partial charge in [-0.15, -0.1) is 0 Å². The predicted molar refractivity (Wildman–Crippen MR) is 100 cm³/mol. The monoisotopic (exact) mass is 384 g/mol. The number of hydrogen-bond acceptors (Lipinski definition) is 5. The van der Waals surface area contributed by atoms with Crippen LogP contribution < -0.4 is 14.8 Å². The Labute approximate surface area is 155 Å². The van der Waals surface area contributed by atoms with Gasteiger partial charge in [0.05, 0.1) is 20.0 Å². The first kappa shape index (κ1) is 20.5. The van der Waals surface area contributed by atoms with Crippen LogP contribution in [0.4, 0.5) is 0 Å². The fourth-order valence-electron chi connectivity index (χ4n) is 3.12. The summed E-state index contributed by atoms with van der Waals surface area (Å²) in [5.74, 6) is 1.47. The van der Waals surface area contributed by atoms with E-state index in [1.807, 2.05) is 18.2 Å². The van der Waals surface area contributed by atoms with E-state index in [1.165, 1.54) is 4.31 Å². The number of methoxy groups -OCH3 is 2. The molecule has 0 bridgehead atoms. The molecule has 1 amide bonds. The van der Waals surface area contributed by atoms with E-state index in [0.29, 0.717) is 38.9 Å². The summed E-state index contributed by atoms with van der Waals surface area (Å²) in [5.41, 5.74) is 0.969. The van der Waals surface area contributed by atoms with Crippen LogP contribution in [0.2, 0.25) is 0 Å². The van der Waals surface area contributed by atoms with Gasteiger partial charge < -0.3 is 14.8 Å². The molecule has 0 unspecified atom stereocenters. The number of sulfonamides is 1. The summed E-state index contributed by atoms with van der Waals surface area (Å²) in [6.07, 6.45) is 1.76. The van der Waals surface area contributed by atoms with Gasteiger partial charge in [0.25, 0.3) is 0 Å². The second kappa shape index (κ2) is 9.23. The summed E-state index contributed by atoms with van der Waals surface area (Å²) in [6.45, 7) is 2.97. The molecule has 0 spiro atoms. The third-order valence-electron chi connectivity index (χ3n) is 4.76. The van der Waals surface area contributed by atoms with Crippen molar-refractivity contribution in [2.45, 2.75) is 26.2 Å². The largest absolute Gasteiger partial charge is 0.497 e. The summed E-state index contributed by atoms with van der Waals surface area (Å²) >= 11 is 0. The molecule has 1 N–H and O–H groups in total. The zero-order valence-electron chi connectivity index (χ0n) is 15.7. The summed E-state index contributed by atoms with van der Waals surface area (Å²) in [6, 6.07) is 5.58. The highest BCUT2D eigenvalue weighted by Crippen LogP contribution is 2.24. The lowest BCUT2D eigenvalue weighted by Crippen LogP contribution is -2.43. The quantitative estimate of drug-likeness (QED) is 0.733. The molecule has 8 heteroatoms. The first-order valence-electron chi connectivity index (χ1n) is 8.87. The Hall–Kier alpha value is -1.80. The molecular formula is C18H28N2O5S. The van der Waals surface area contributed by atoms with Crippen LogP contribution in [0, 0.1) is 5.92 Å². The topological polar surface area (TPSA) is 84.9 Å². The second-order valence-corrected chi connectivity index (χ2v) is 8.55. The van der Waals surface area contributed by atoms with Crippen molar-refractivity contribution < 1.29 is 22.7 Å². The Morgan fingerprint density at radius 2 is 1.92 bits per heavy atom. The summed E-state index contributed by atoms with van der Waals surface area (Å²) < 4.78 is 35.8. The number of carbonyl (C=O) groups excluding carboxylic acids is 1. The molecule has 1 saturated heterocycles. The van der Waals surface area contributed by atoms with E-state index in [1.54, 1.807) is 21.1 Å². The number of nitrogens with zero attached hydrogens (tertiary/aromatic N) is 1. The minimum absolute atomic E-state index is 0.0135. The Kier molecular flexibility index (Phi) is 7.28. The molecular weight excluding hydrogens is 356 g/mol. The van der Waals surface area contributed by atoms with Gasteiger partial charge in [0.2, 0.25) is 15.9 Å². The maximum absolute atomic E-state index is 12.4. The van der Waals surface area contributed by atoms with Crippen LogP contribution in [0.3, 0.4) is 0 Å². The van der Waals surface area contributed by atoms with Crippen LogP contribution in [0.15, 0.2) is 18.2 Å². The van der Waals surface area contributed by atoms with Crippen molar-refractivity contribution in [2.24, 2.45) is 5.92 Å². The molecule has 146 valence electrons. The number of benzene rings is 1. The van der Waals surface area contributed by atoms with Crippen molar-refractivity contribution in [1.29, 1.82) is 0 Å². The number of nitrogens with one attached hydrogen (secondary N) is 1. The van der Waals surface area contributed by atoms with Gasteiger partial charge in [-0.3, -0.25) is 4.79 Å². The van der Waals surface area contributed by atoms with Gasteiger partial charge in [-0.25, -0.2) is 12.7 Å². The molecule has 2 rings (SSSR count). The lowest BCUT2D eigenvalue weighted by Gasteiger charge is -2.30. The summed E-state index contributed by atoms with van der Waals surface area (Å²) in [5, 5.41) is 2.95. The number of amides is 1. The van der Waals surface area contributed by atoms with Crippen molar-refractivity contribution in [1.82, 2.24) is 9.62 Å². The maximum Gasteiger partial charge on any atom is 0.223 e. The van der Waals surface area contributed by atoms with Crippen LogP contribution in [0.5, 0.6) is 11.5 Å². The molecule has 0 saturated carbocycles. The predicted octanol–water partition coefficient (Wildman–Crippen LogP) is 1.42. The van der Waals surface area contributed by atoms with E-state index in [9.17, 15) is 13.2 Å². The van der Waals surface area contributed by atoms with Crippen LogP contribution in [0.25, 0.3) is 0 Å². The molecule has 1 aliphatic rings. The third-order valence-corrected chi connectivity index (χ3v) is 6.65.